The molecule has 0 N–H and O–H groups in total. The first-order valence-corrected chi connectivity index (χ1v) is 8.29. The minimum absolute atomic E-state index is 0.232. The number of fused-ring (bicyclic) bond motifs is 2. The molecule has 1 saturated heterocycles. The van der Waals surface area contributed by atoms with Crippen molar-refractivity contribution in [3.05, 3.63) is 0 Å². The van der Waals surface area contributed by atoms with Gasteiger partial charge in [0.15, 0.2) is 0 Å². The summed E-state index contributed by atoms with van der Waals surface area (Å²) >= 11 is 0. The SMILES string of the molecule is CC(C)[C@@H]1CC[C@H]2C[C@@H]3O[C@@]34CC[C@@H](CC(=O)[C@H]21)C4. The number of rotatable bonds is 1. The van der Waals surface area contributed by atoms with E-state index in [1.165, 1.54) is 38.5 Å². The Labute approximate surface area is 116 Å². The average Bonchev–Trinajstić information content (AvgIpc) is 2.74. The number of hydrogen-bond donors (Lipinski definition) is 0. The molecule has 6 atom stereocenters. The molecular weight excluding hydrogens is 236 g/mol. The number of hydrogen-bond acceptors (Lipinski definition) is 2. The third-order valence-electron chi connectivity index (χ3n) is 6.59. The Bertz CT molecular complexity index is 402. The number of carbonyl (C=O) groups excluding carboxylic acids is 1. The molecule has 0 aromatic heterocycles. The van der Waals surface area contributed by atoms with Crippen molar-refractivity contribution < 1.29 is 9.53 Å². The predicted octanol–water partition coefficient (Wildman–Crippen LogP) is 3.59. The fraction of sp³-hybridized carbons (Fsp3) is 0.941. The summed E-state index contributed by atoms with van der Waals surface area (Å²) in [6, 6.07) is 0. The van der Waals surface area contributed by atoms with E-state index in [2.05, 4.69) is 13.8 Å². The topological polar surface area (TPSA) is 29.6 Å². The Hall–Kier alpha value is -0.370. The van der Waals surface area contributed by atoms with Gasteiger partial charge in [-0.3, -0.25) is 4.79 Å². The van der Waals surface area contributed by atoms with Crippen LogP contribution in [-0.2, 0) is 9.53 Å². The smallest absolute Gasteiger partial charge is 0.136 e. The van der Waals surface area contributed by atoms with Crippen LogP contribution in [0.25, 0.3) is 0 Å². The first-order chi connectivity index (χ1) is 9.09. The Morgan fingerprint density at radius 2 is 2.11 bits per heavy atom. The number of epoxide rings is 1. The Morgan fingerprint density at radius 3 is 2.89 bits per heavy atom. The molecule has 2 nitrogen and oxygen atoms in total. The standard InChI is InChI=1S/C17H26O2/c1-10(2)13-4-3-12-8-15-17(19-15)6-5-11(9-17)7-14(18)16(12)13/h10-13,15-16H,3-9H2,1-2H3/t11-,12-,13-,15-,16+,17+/m0/s1. The van der Waals surface area contributed by atoms with Crippen LogP contribution in [0.3, 0.4) is 0 Å². The Kier molecular flexibility index (Phi) is 2.65. The molecule has 3 aliphatic carbocycles. The van der Waals surface area contributed by atoms with Crippen LogP contribution in [-0.4, -0.2) is 17.5 Å². The van der Waals surface area contributed by atoms with Crippen LogP contribution in [0.2, 0.25) is 0 Å². The van der Waals surface area contributed by atoms with Crippen LogP contribution in [0.1, 0.15) is 58.8 Å². The van der Waals surface area contributed by atoms with E-state index in [4.69, 9.17) is 4.74 Å². The highest BCUT2D eigenvalue weighted by Gasteiger charge is 2.62. The van der Waals surface area contributed by atoms with Crippen molar-refractivity contribution >= 4 is 5.78 Å². The van der Waals surface area contributed by atoms with Crippen LogP contribution < -0.4 is 0 Å². The summed E-state index contributed by atoms with van der Waals surface area (Å²) in [5, 5.41) is 0. The summed E-state index contributed by atoms with van der Waals surface area (Å²) in [6.45, 7) is 4.60. The first-order valence-electron chi connectivity index (χ1n) is 8.29. The molecule has 3 saturated carbocycles. The molecule has 1 heterocycles. The molecular formula is C17H26O2. The summed E-state index contributed by atoms with van der Waals surface area (Å²) in [6.07, 6.45) is 8.68. The molecule has 4 aliphatic rings. The van der Waals surface area contributed by atoms with E-state index in [1.807, 2.05) is 0 Å². The highest BCUT2D eigenvalue weighted by molar-refractivity contribution is 5.82. The van der Waals surface area contributed by atoms with Gasteiger partial charge in [-0.25, -0.2) is 0 Å². The van der Waals surface area contributed by atoms with E-state index in [0.717, 1.165) is 6.42 Å². The van der Waals surface area contributed by atoms with E-state index in [0.29, 0.717) is 41.5 Å². The molecule has 4 rings (SSSR count). The van der Waals surface area contributed by atoms with Gasteiger partial charge in [0.25, 0.3) is 0 Å². The summed E-state index contributed by atoms with van der Waals surface area (Å²) in [4.78, 5) is 12.8. The van der Waals surface area contributed by atoms with Crippen molar-refractivity contribution in [3.63, 3.8) is 0 Å². The van der Waals surface area contributed by atoms with E-state index in [1.54, 1.807) is 0 Å². The lowest BCUT2D eigenvalue weighted by atomic mass is 9.76. The lowest BCUT2D eigenvalue weighted by molar-refractivity contribution is -0.126. The largest absolute Gasteiger partial charge is 0.366 e. The van der Waals surface area contributed by atoms with Crippen LogP contribution in [0.15, 0.2) is 0 Å². The number of Topliss-reactive ketones (excluding diaryl/α,β-unsaturated/α-hetero) is 1. The summed E-state index contributed by atoms with van der Waals surface area (Å²) in [7, 11) is 0. The second kappa shape index (κ2) is 4.07. The number of ether oxygens (including phenoxy) is 1. The van der Waals surface area contributed by atoms with Crippen LogP contribution in [0.4, 0.5) is 0 Å². The normalized spacial score (nSPS) is 52.4. The maximum Gasteiger partial charge on any atom is 0.136 e. The average molecular weight is 262 g/mol. The van der Waals surface area contributed by atoms with Gasteiger partial charge in [0.2, 0.25) is 0 Å². The Balaban J connectivity index is 1.61. The molecule has 1 aliphatic heterocycles. The Morgan fingerprint density at radius 1 is 1.26 bits per heavy atom. The minimum atomic E-state index is 0.232. The van der Waals surface area contributed by atoms with Crippen molar-refractivity contribution in [3.8, 4) is 0 Å². The quantitative estimate of drug-likeness (QED) is 0.676. The molecule has 0 aromatic rings. The van der Waals surface area contributed by atoms with Crippen molar-refractivity contribution in [2.24, 2.45) is 29.6 Å². The summed E-state index contributed by atoms with van der Waals surface area (Å²) in [5.74, 6) is 3.52. The van der Waals surface area contributed by atoms with E-state index in [9.17, 15) is 4.79 Å². The highest BCUT2D eigenvalue weighted by Crippen LogP contribution is 2.58. The molecule has 0 amide bonds. The van der Waals surface area contributed by atoms with Crippen molar-refractivity contribution in [2.75, 3.05) is 0 Å². The van der Waals surface area contributed by atoms with Gasteiger partial charge < -0.3 is 4.74 Å². The van der Waals surface area contributed by atoms with Gasteiger partial charge in [-0.2, -0.15) is 0 Å². The van der Waals surface area contributed by atoms with Crippen LogP contribution >= 0.6 is 0 Å². The van der Waals surface area contributed by atoms with E-state index < -0.39 is 0 Å². The summed E-state index contributed by atoms with van der Waals surface area (Å²) < 4.78 is 6.10. The second-order valence-electron chi connectivity index (χ2n) is 7.96. The number of carbonyl (C=O) groups is 1. The number of ketones is 1. The zero-order chi connectivity index (χ0) is 13.2. The second-order valence-corrected chi connectivity index (χ2v) is 7.96. The van der Waals surface area contributed by atoms with Gasteiger partial charge in [0.1, 0.15) is 5.78 Å². The molecule has 0 aromatic carbocycles. The molecule has 4 fully saturated rings. The molecule has 0 unspecified atom stereocenters. The lowest BCUT2D eigenvalue weighted by Gasteiger charge is -2.27. The molecule has 2 heteroatoms. The third kappa shape index (κ3) is 1.82. The maximum atomic E-state index is 12.8. The molecule has 2 bridgehead atoms. The zero-order valence-corrected chi connectivity index (χ0v) is 12.2. The summed E-state index contributed by atoms with van der Waals surface area (Å²) in [5.41, 5.74) is 0.232. The maximum absolute atomic E-state index is 12.8. The van der Waals surface area contributed by atoms with Crippen LogP contribution in [0, 0.1) is 29.6 Å². The predicted molar refractivity (Wildman–Crippen MR) is 73.7 cm³/mol. The van der Waals surface area contributed by atoms with E-state index in [-0.39, 0.29) is 5.60 Å². The molecule has 106 valence electrons. The van der Waals surface area contributed by atoms with Crippen molar-refractivity contribution in [2.45, 2.75) is 70.5 Å². The van der Waals surface area contributed by atoms with Crippen molar-refractivity contribution in [1.29, 1.82) is 0 Å². The van der Waals surface area contributed by atoms with Gasteiger partial charge in [-0.15, -0.1) is 0 Å². The van der Waals surface area contributed by atoms with Gasteiger partial charge >= 0.3 is 0 Å². The van der Waals surface area contributed by atoms with E-state index >= 15 is 0 Å². The minimum Gasteiger partial charge on any atom is -0.366 e. The first kappa shape index (κ1) is 12.4. The molecule has 0 radical (unpaired) electrons. The monoisotopic (exact) mass is 262 g/mol. The zero-order valence-electron chi connectivity index (χ0n) is 12.2. The van der Waals surface area contributed by atoms with Gasteiger partial charge in [0.05, 0.1) is 11.7 Å². The fourth-order valence-corrected chi connectivity index (χ4v) is 5.55. The third-order valence-corrected chi connectivity index (χ3v) is 6.59. The highest BCUT2D eigenvalue weighted by atomic mass is 16.6. The van der Waals surface area contributed by atoms with Gasteiger partial charge in [-0.1, -0.05) is 13.8 Å². The lowest BCUT2D eigenvalue weighted by Crippen LogP contribution is -2.29. The molecule has 1 spiro atoms. The molecule has 19 heavy (non-hydrogen) atoms. The van der Waals surface area contributed by atoms with Crippen LogP contribution in [0.5, 0.6) is 0 Å². The van der Waals surface area contributed by atoms with Crippen molar-refractivity contribution in [1.82, 2.24) is 0 Å². The fourth-order valence-electron chi connectivity index (χ4n) is 5.55. The van der Waals surface area contributed by atoms with Gasteiger partial charge in [0, 0.05) is 12.3 Å². The van der Waals surface area contributed by atoms with Gasteiger partial charge in [-0.05, 0) is 62.2 Å².